The first-order chi connectivity index (χ1) is 10.0. The van der Waals surface area contributed by atoms with Gasteiger partial charge in [0.15, 0.2) is 0 Å². The average Bonchev–Trinajstić information content (AvgIpc) is 2.90. The van der Waals surface area contributed by atoms with Crippen molar-refractivity contribution in [3.63, 3.8) is 0 Å². The summed E-state index contributed by atoms with van der Waals surface area (Å²) in [6.07, 6.45) is 2.96. The zero-order valence-electron chi connectivity index (χ0n) is 13.2. The number of benzene rings is 1. The van der Waals surface area contributed by atoms with Crippen molar-refractivity contribution in [3.05, 3.63) is 51.8 Å². The summed E-state index contributed by atoms with van der Waals surface area (Å²) in [5.41, 5.74) is 3.71. The van der Waals surface area contributed by atoms with E-state index in [0.717, 1.165) is 23.1 Å². The zero-order valence-corrected chi connectivity index (χ0v) is 14.8. The normalized spacial score (nSPS) is 12.9. The van der Waals surface area contributed by atoms with E-state index in [0.29, 0.717) is 6.04 Å². The molecule has 0 bridgehead atoms. The fraction of sp³-hybridized carbons (Fsp3) is 0.471. The number of aryl methyl sites for hydroxylation is 1. The van der Waals surface area contributed by atoms with Gasteiger partial charge in [-0.15, -0.1) is 0 Å². The van der Waals surface area contributed by atoms with Gasteiger partial charge in [0.25, 0.3) is 0 Å². The molecule has 0 aliphatic heterocycles. The van der Waals surface area contributed by atoms with E-state index in [1.165, 1.54) is 11.1 Å². The van der Waals surface area contributed by atoms with Crippen LogP contribution in [0, 0.1) is 6.92 Å². The molecule has 1 aromatic heterocycles. The fourth-order valence-electron chi connectivity index (χ4n) is 2.45. The second kappa shape index (κ2) is 7.23. The van der Waals surface area contributed by atoms with Crippen LogP contribution in [0.4, 0.5) is 0 Å². The molecule has 1 N–H and O–H groups in total. The Kier molecular flexibility index (Phi) is 5.59. The number of rotatable bonds is 6. The van der Waals surface area contributed by atoms with Crippen molar-refractivity contribution in [2.45, 2.75) is 46.2 Å². The highest BCUT2D eigenvalue weighted by atomic mass is 79.9. The van der Waals surface area contributed by atoms with Crippen molar-refractivity contribution >= 4 is 15.9 Å². The van der Waals surface area contributed by atoms with Gasteiger partial charge in [0.2, 0.25) is 0 Å². The van der Waals surface area contributed by atoms with Gasteiger partial charge in [0.1, 0.15) is 0 Å². The number of halogens is 1. The molecular formula is C17H24BrN3. The Morgan fingerprint density at radius 1 is 1.29 bits per heavy atom. The lowest BCUT2D eigenvalue weighted by Crippen LogP contribution is -2.23. The van der Waals surface area contributed by atoms with Gasteiger partial charge in [-0.3, -0.25) is 4.68 Å². The van der Waals surface area contributed by atoms with Crippen LogP contribution >= 0.6 is 15.9 Å². The lowest BCUT2D eigenvalue weighted by atomic mass is 10.00. The van der Waals surface area contributed by atoms with Gasteiger partial charge >= 0.3 is 0 Å². The summed E-state index contributed by atoms with van der Waals surface area (Å²) in [5.74, 6) is 0. The van der Waals surface area contributed by atoms with Gasteiger partial charge in [0.05, 0.1) is 5.69 Å². The van der Waals surface area contributed by atoms with E-state index in [1.807, 2.05) is 4.68 Å². The van der Waals surface area contributed by atoms with Crippen molar-refractivity contribution < 1.29 is 0 Å². The first kappa shape index (κ1) is 16.2. The van der Waals surface area contributed by atoms with E-state index >= 15 is 0 Å². The first-order valence-corrected chi connectivity index (χ1v) is 8.34. The second-order valence-electron chi connectivity index (χ2n) is 5.72. The van der Waals surface area contributed by atoms with Crippen LogP contribution in [0.2, 0.25) is 0 Å². The maximum absolute atomic E-state index is 4.67. The van der Waals surface area contributed by atoms with Crippen molar-refractivity contribution in [1.29, 1.82) is 0 Å². The minimum atomic E-state index is 0.278. The van der Waals surface area contributed by atoms with Crippen LogP contribution < -0.4 is 5.32 Å². The van der Waals surface area contributed by atoms with Gasteiger partial charge < -0.3 is 5.32 Å². The molecule has 1 aromatic carbocycles. The molecule has 0 aliphatic rings. The zero-order chi connectivity index (χ0) is 15.4. The van der Waals surface area contributed by atoms with Gasteiger partial charge in [-0.25, -0.2) is 0 Å². The average molecular weight is 350 g/mol. The van der Waals surface area contributed by atoms with Gasteiger partial charge in [-0.05, 0) is 45.0 Å². The van der Waals surface area contributed by atoms with Crippen molar-refractivity contribution in [2.24, 2.45) is 0 Å². The van der Waals surface area contributed by atoms with Crippen LogP contribution in [0.25, 0.3) is 0 Å². The lowest BCUT2D eigenvalue weighted by Gasteiger charge is -2.19. The van der Waals surface area contributed by atoms with E-state index in [1.54, 1.807) is 0 Å². The minimum absolute atomic E-state index is 0.278. The number of aromatic nitrogens is 2. The van der Waals surface area contributed by atoms with Crippen LogP contribution in [0.5, 0.6) is 0 Å². The van der Waals surface area contributed by atoms with Crippen molar-refractivity contribution in [1.82, 2.24) is 15.1 Å². The van der Waals surface area contributed by atoms with Crippen LogP contribution in [-0.2, 0) is 6.42 Å². The van der Waals surface area contributed by atoms with Crippen LogP contribution in [0.3, 0.4) is 0 Å². The summed E-state index contributed by atoms with van der Waals surface area (Å²) >= 11 is 3.68. The number of hydrogen-bond donors (Lipinski definition) is 1. The molecular weight excluding hydrogens is 326 g/mol. The highest BCUT2D eigenvalue weighted by molar-refractivity contribution is 9.10. The monoisotopic (exact) mass is 349 g/mol. The fourth-order valence-corrected chi connectivity index (χ4v) is 2.97. The molecule has 3 nitrogen and oxygen atoms in total. The summed E-state index contributed by atoms with van der Waals surface area (Å²) in [6, 6.07) is 9.30. The van der Waals surface area contributed by atoms with E-state index in [-0.39, 0.29) is 6.04 Å². The van der Waals surface area contributed by atoms with Crippen LogP contribution in [-0.4, -0.2) is 16.3 Å². The highest BCUT2D eigenvalue weighted by Crippen LogP contribution is 2.27. The molecule has 1 heterocycles. The highest BCUT2D eigenvalue weighted by Gasteiger charge is 2.16. The molecule has 0 fully saturated rings. The molecule has 1 unspecified atom stereocenters. The first-order valence-electron chi connectivity index (χ1n) is 7.54. The summed E-state index contributed by atoms with van der Waals surface area (Å²) in [6.45, 7) is 9.51. The van der Waals surface area contributed by atoms with Crippen molar-refractivity contribution in [2.75, 3.05) is 6.54 Å². The van der Waals surface area contributed by atoms with Crippen LogP contribution in [0.1, 0.15) is 49.7 Å². The van der Waals surface area contributed by atoms with Crippen molar-refractivity contribution in [3.8, 4) is 0 Å². The maximum atomic E-state index is 4.67. The molecule has 0 saturated carbocycles. The predicted molar refractivity (Wildman–Crippen MR) is 91.6 cm³/mol. The number of nitrogens with one attached hydrogen (secondary N) is 1. The summed E-state index contributed by atoms with van der Waals surface area (Å²) in [5, 5.41) is 8.25. The Morgan fingerprint density at radius 2 is 2.05 bits per heavy atom. The van der Waals surface area contributed by atoms with E-state index in [2.05, 4.69) is 84.5 Å². The third-order valence-corrected chi connectivity index (χ3v) is 4.31. The Hall–Kier alpha value is -1.13. The predicted octanol–water partition coefficient (Wildman–Crippen LogP) is 4.43. The van der Waals surface area contributed by atoms with E-state index in [4.69, 9.17) is 0 Å². The third-order valence-electron chi connectivity index (χ3n) is 3.58. The van der Waals surface area contributed by atoms with E-state index in [9.17, 15) is 0 Å². The standard InChI is InChI=1S/C17H24BrN3/c1-5-19-17(15-10-13(4)6-7-16(15)18)11-14-8-9-21(20-14)12(2)3/h6-10,12,17,19H,5,11H2,1-4H3. The molecule has 0 amide bonds. The lowest BCUT2D eigenvalue weighted by molar-refractivity contribution is 0.506. The third kappa shape index (κ3) is 4.17. The Labute approximate surface area is 135 Å². The Bertz CT molecular complexity index is 589. The second-order valence-corrected chi connectivity index (χ2v) is 6.57. The molecule has 2 rings (SSSR count). The number of hydrogen-bond acceptors (Lipinski definition) is 2. The minimum Gasteiger partial charge on any atom is -0.310 e. The number of nitrogens with zero attached hydrogens (tertiary/aromatic N) is 2. The Morgan fingerprint density at radius 3 is 2.67 bits per heavy atom. The molecule has 0 saturated heterocycles. The molecule has 0 radical (unpaired) electrons. The quantitative estimate of drug-likeness (QED) is 0.835. The SMILES string of the molecule is CCNC(Cc1ccn(C(C)C)n1)c1cc(C)ccc1Br. The molecule has 0 spiro atoms. The van der Waals surface area contributed by atoms with E-state index < -0.39 is 0 Å². The smallest absolute Gasteiger partial charge is 0.0643 e. The molecule has 21 heavy (non-hydrogen) atoms. The number of likely N-dealkylation sites (N-methyl/N-ethyl adjacent to an activating group) is 1. The summed E-state index contributed by atoms with van der Waals surface area (Å²) in [4.78, 5) is 0. The largest absolute Gasteiger partial charge is 0.310 e. The van der Waals surface area contributed by atoms with Crippen LogP contribution in [0.15, 0.2) is 34.9 Å². The Balaban J connectivity index is 2.23. The summed E-state index contributed by atoms with van der Waals surface area (Å²) in [7, 11) is 0. The molecule has 2 aromatic rings. The van der Waals surface area contributed by atoms with Gasteiger partial charge in [-0.1, -0.05) is 40.5 Å². The summed E-state index contributed by atoms with van der Waals surface area (Å²) < 4.78 is 3.17. The molecule has 4 heteroatoms. The molecule has 114 valence electrons. The van der Waals surface area contributed by atoms with Gasteiger partial charge in [0, 0.05) is 29.2 Å². The van der Waals surface area contributed by atoms with Gasteiger partial charge in [-0.2, -0.15) is 5.10 Å². The maximum Gasteiger partial charge on any atom is 0.0643 e. The molecule has 0 aliphatic carbocycles. The molecule has 1 atom stereocenters. The topological polar surface area (TPSA) is 29.9 Å².